The number of hydrogen-bond acceptors (Lipinski definition) is 3. The predicted octanol–water partition coefficient (Wildman–Crippen LogP) is 2.48. The van der Waals surface area contributed by atoms with Crippen LogP contribution in [0.1, 0.15) is 12.5 Å². The molecule has 0 saturated heterocycles. The third-order valence-electron chi connectivity index (χ3n) is 1.63. The van der Waals surface area contributed by atoms with Gasteiger partial charge in [-0.3, -0.25) is 0 Å². The number of carbonyl (C=O) groups is 1. The van der Waals surface area contributed by atoms with Crippen LogP contribution in [0, 0.1) is 0 Å². The molecule has 0 aliphatic heterocycles. The summed E-state index contributed by atoms with van der Waals surface area (Å²) in [5.74, 6) is 0.531. The third kappa shape index (κ3) is 2.59. The number of ether oxygens (including phenoxy) is 1. The molecule has 0 bridgehead atoms. The van der Waals surface area contributed by atoms with Crippen molar-refractivity contribution in [1.82, 2.24) is 0 Å². The molecule has 0 spiro atoms. The van der Waals surface area contributed by atoms with Gasteiger partial charge in [0.05, 0.1) is 0 Å². The Kier molecular flexibility index (Phi) is 3.52. The van der Waals surface area contributed by atoms with Crippen molar-refractivity contribution in [2.75, 3.05) is 0 Å². The summed E-state index contributed by atoms with van der Waals surface area (Å²) >= 11 is 4.20. The maximum atomic E-state index is 10.8. The molecular weight excluding hydrogens is 186 g/mol. The molecule has 0 saturated carbocycles. The van der Waals surface area contributed by atoms with Crippen LogP contribution in [0.5, 0.6) is 5.75 Å². The quantitative estimate of drug-likeness (QED) is 0.727. The number of amides is 1. The molecule has 1 rings (SSSR count). The molecular formula is C9H9NO2S. The van der Waals surface area contributed by atoms with Crippen LogP contribution < -0.4 is 4.74 Å². The van der Waals surface area contributed by atoms with Gasteiger partial charge in [-0.25, -0.2) is 4.79 Å². The highest BCUT2D eigenvalue weighted by Gasteiger charge is 2.05. The van der Waals surface area contributed by atoms with Crippen LogP contribution in [0.3, 0.4) is 0 Å². The zero-order valence-electron chi connectivity index (χ0n) is 7.19. The monoisotopic (exact) mass is 195 g/mol. The van der Waals surface area contributed by atoms with Crippen molar-refractivity contribution in [1.29, 1.82) is 0 Å². The van der Waals surface area contributed by atoms with Gasteiger partial charge in [0.2, 0.25) is 0 Å². The summed E-state index contributed by atoms with van der Waals surface area (Å²) in [5, 5.41) is 0. The number of para-hydroxylation sites is 1. The first-order valence-electron chi connectivity index (χ1n) is 3.91. The number of carbonyl (C=O) groups excluding carboxylic acids is 1. The molecule has 0 radical (unpaired) electrons. The number of rotatable bonds is 2. The first kappa shape index (κ1) is 9.80. The lowest BCUT2D eigenvalue weighted by molar-refractivity contribution is 0.211. The molecule has 0 N–H and O–H groups in total. The molecule has 3 nitrogen and oxygen atoms in total. The number of nitrogens with zero attached hydrogens (tertiary/aromatic N) is 1. The van der Waals surface area contributed by atoms with Gasteiger partial charge in [0.25, 0.3) is 0 Å². The molecule has 0 aliphatic carbocycles. The fourth-order valence-electron chi connectivity index (χ4n) is 1.01. The van der Waals surface area contributed by atoms with Gasteiger partial charge in [0.1, 0.15) is 5.75 Å². The minimum absolute atomic E-state index is 0.531. The van der Waals surface area contributed by atoms with Gasteiger partial charge in [-0.15, -0.1) is 4.36 Å². The lowest BCUT2D eigenvalue weighted by Crippen LogP contribution is -2.02. The highest BCUT2D eigenvalue weighted by Crippen LogP contribution is 2.18. The van der Waals surface area contributed by atoms with E-state index in [-0.39, 0.29) is 0 Å². The van der Waals surface area contributed by atoms with Gasteiger partial charge in [-0.1, -0.05) is 25.1 Å². The van der Waals surface area contributed by atoms with Gasteiger partial charge >= 0.3 is 6.09 Å². The molecule has 0 fully saturated rings. The number of hydrogen-bond donors (Lipinski definition) is 0. The summed E-state index contributed by atoms with van der Waals surface area (Å²) in [5.41, 5.74) is 0.967. The SMILES string of the molecule is CCc1ccccc1OC(=O)N=S. The Morgan fingerprint density at radius 2 is 2.23 bits per heavy atom. The fourth-order valence-corrected chi connectivity index (χ4v) is 1.05. The van der Waals surface area contributed by atoms with Crippen molar-refractivity contribution in [2.45, 2.75) is 13.3 Å². The average Bonchev–Trinajstić information content (AvgIpc) is 2.18. The highest BCUT2D eigenvalue weighted by atomic mass is 32.1. The van der Waals surface area contributed by atoms with E-state index in [2.05, 4.69) is 16.8 Å². The lowest BCUT2D eigenvalue weighted by atomic mass is 10.1. The third-order valence-corrected chi connectivity index (χ3v) is 1.77. The topological polar surface area (TPSA) is 38.7 Å². The summed E-state index contributed by atoms with van der Waals surface area (Å²) in [6.07, 6.45) is 0.0665. The van der Waals surface area contributed by atoms with Crippen molar-refractivity contribution < 1.29 is 9.53 Å². The number of benzene rings is 1. The van der Waals surface area contributed by atoms with E-state index < -0.39 is 6.09 Å². The Morgan fingerprint density at radius 1 is 1.54 bits per heavy atom. The van der Waals surface area contributed by atoms with Gasteiger partial charge in [0.15, 0.2) is 0 Å². The molecule has 0 aromatic heterocycles. The van der Waals surface area contributed by atoms with Crippen molar-refractivity contribution in [3.63, 3.8) is 0 Å². The van der Waals surface area contributed by atoms with Crippen LogP contribution in [0.25, 0.3) is 0 Å². The van der Waals surface area contributed by atoms with Crippen LogP contribution in [0.4, 0.5) is 4.79 Å². The van der Waals surface area contributed by atoms with E-state index in [0.29, 0.717) is 5.75 Å². The molecule has 1 aromatic carbocycles. The summed E-state index contributed by atoms with van der Waals surface area (Å²) in [6.45, 7) is 1.98. The molecule has 0 aliphatic rings. The highest BCUT2D eigenvalue weighted by molar-refractivity contribution is 7.47. The van der Waals surface area contributed by atoms with E-state index in [4.69, 9.17) is 4.74 Å². The maximum absolute atomic E-state index is 10.8. The summed E-state index contributed by atoms with van der Waals surface area (Å²) < 4.78 is 7.86. The maximum Gasteiger partial charge on any atom is 0.450 e. The van der Waals surface area contributed by atoms with E-state index in [9.17, 15) is 4.79 Å². The Labute approximate surface area is 81.9 Å². The second-order valence-corrected chi connectivity index (χ2v) is 2.60. The lowest BCUT2D eigenvalue weighted by Gasteiger charge is -2.04. The van der Waals surface area contributed by atoms with Crippen molar-refractivity contribution in [2.24, 2.45) is 4.36 Å². The Morgan fingerprint density at radius 3 is 2.85 bits per heavy atom. The van der Waals surface area contributed by atoms with Crippen LogP contribution in [0.15, 0.2) is 28.6 Å². The van der Waals surface area contributed by atoms with Crippen molar-refractivity contribution >= 4 is 18.5 Å². The van der Waals surface area contributed by atoms with Gasteiger partial charge in [-0.05, 0) is 18.1 Å². The predicted molar refractivity (Wildman–Crippen MR) is 51.6 cm³/mol. The van der Waals surface area contributed by atoms with E-state index in [0.717, 1.165) is 12.0 Å². The number of aryl methyl sites for hydroxylation is 1. The van der Waals surface area contributed by atoms with Crippen molar-refractivity contribution in [3.05, 3.63) is 29.8 Å². The zero-order chi connectivity index (χ0) is 9.68. The molecule has 13 heavy (non-hydrogen) atoms. The van der Waals surface area contributed by atoms with Crippen LogP contribution in [-0.4, -0.2) is 6.09 Å². The average molecular weight is 195 g/mol. The molecule has 4 heteroatoms. The fraction of sp³-hybridized carbons (Fsp3) is 0.222. The summed E-state index contributed by atoms with van der Waals surface area (Å²) in [7, 11) is 0. The second-order valence-electron chi connectivity index (χ2n) is 2.42. The first-order valence-corrected chi connectivity index (χ1v) is 4.27. The van der Waals surface area contributed by atoms with Crippen LogP contribution >= 0.6 is 0 Å². The molecule has 1 amide bonds. The zero-order valence-corrected chi connectivity index (χ0v) is 8.00. The Bertz CT molecular complexity index is 325. The van der Waals surface area contributed by atoms with Gasteiger partial charge < -0.3 is 4.74 Å². The molecule has 0 unspecified atom stereocenters. The van der Waals surface area contributed by atoms with Gasteiger partial charge in [0, 0.05) is 12.4 Å². The van der Waals surface area contributed by atoms with E-state index >= 15 is 0 Å². The normalized spacial score (nSPS) is 9.31. The van der Waals surface area contributed by atoms with E-state index in [1.54, 1.807) is 12.1 Å². The van der Waals surface area contributed by atoms with E-state index in [1.807, 2.05) is 19.1 Å². The minimum Gasteiger partial charge on any atom is -0.408 e. The molecule has 0 atom stereocenters. The molecule has 1 aromatic rings. The standard InChI is InChI=1S/C9H9NO2S/c1-2-7-5-3-4-6-8(7)12-9(11)10-13/h3-6H,2H2,1H3. The molecule has 0 heterocycles. The second kappa shape index (κ2) is 4.67. The smallest absolute Gasteiger partial charge is 0.408 e. The van der Waals surface area contributed by atoms with Crippen LogP contribution in [0.2, 0.25) is 0 Å². The summed E-state index contributed by atoms with van der Waals surface area (Å²) in [6, 6.07) is 7.30. The Hall–Kier alpha value is -1.29. The largest absolute Gasteiger partial charge is 0.450 e. The summed E-state index contributed by atoms with van der Waals surface area (Å²) in [4.78, 5) is 10.8. The van der Waals surface area contributed by atoms with E-state index in [1.165, 1.54) is 0 Å². The molecule has 68 valence electrons. The van der Waals surface area contributed by atoms with Crippen LogP contribution in [-0.2, 0) is 18.8 Å². The minimum atomic E-state index is -0.740. The first-order chi connectivity index (χ1) is 6.27. The van der Waals surface area contributed by atoms with Crippen molar-refractivity contribution in [3.8, 4) is 5.75 Å². The Balaban J connectivity index is 2.86. The van der Waals surface area contributed by atoms with Gasteiger partial charge in [-0.2, -0.15) is 0 Å².